The van der Waals surface area contributed by atoms with Crippen LogP contribution in [0.3, 0.4) is 0 Å². The molecule has 4 aromatic heterocycles. The van der Waals surface area contributed by atoms with E-state index in [4.69, 9.17) is 24.2 Å². The molecule has 0 amide bonds. The van der Waals surface area contributed by atoms with E-state index in [0.29, 0.717) is 24.5 Å². The van der Waals surface area contributed by atoms with Crippen LogP contribution in [-0.2, 0) is 16.5 Å². The highest BCUT2D eigenvalue weighted by Gasteiger charge is 2.36. The van der Waals surface area contributed by atoms with Crippen molar-refractivity contribution in [1.82, 2.24) is 24.3 Å². The Kier molecular flexibility index (Phi) is 5.79. The molecule has 1 aliphatic heterocycles. The van der Waals surface area contributed by atoms with Crippen molar-refractivity contribution >= 4 is 44.0 Å². The number of aromatic nitrogens is 5. The molecule has 0 N–H and O–H groups in total. The summed E-state index contributed by atoms with van der Waals surface area (Å²) in [6.07, 6.45) is 5.22. The fourth-order valence-electron chi connectivity index (χ4n) is 4.83. The van der Waals surface area contributed by atoms with E-state index >= 15 is 0 Å². The molecule has 0 aromatic carbocycles. The zero-order chi connectivity index (χ0) is 23.1. The zero-order valence-electron chi connectivity index (χ0n) is 18.6. The lowest BCUT2D eigenvalue weighted by Gasteiger charge is -2.32. The Morgan fingerprint density at radius 3 is 2.76 bits per heavy atom. The van der Waals surface area contributed by atoms with Gasteiger partial charge in [0.15, 0.2) is 5.69 Å². The van der Waals surface area contributed by atoms with Gasteiger partial charge in [0.25, 0.3) is 0 Å². The number of ether oxygens (including phenoxy) is 3. The van der Waals surface area contributed by atoms with Crippen molar-refractivity contribution in [1.29, 1.82) is 0 Å². The number of hydrogen-bond acceptors (Lipinski definition) is 7. The number of aryl methyl sites for hydroxylation is 1. The molecule has 5 rings (SSSR count). The van der Waals surface area contributed by atoms with Gasteiger partial charge >= 0.3 is 5.97 Å². The van der Waals surface area contributed by atoms with E-state index in [1.54, 1.807) is 24.2 Å². The zero-order valence-corrected chi connectivity index (χ0v) is 20.2. The SMILES string of the molecule is COC(=O)c1nn(C)c2c3ncc(Br)cc3n(C(c3ncccc3OC)C3CCOCC3)c12. The maximum absolute atomic E-state index is 12.8. The maximum atomic E-state index is 12.8. The minimum Gasteiger partial charge on any atom is -0.495 e. The summed E-state index contributed by atoms with van der Waals surface area (Å²) in [6, 6.07) is 5.56. The minimum absolute atomic E-state index is 0.200. The van der Waals surface area contributed by atoms with Gasteiger partial charge in [0.1, 0.15) is 28.0 Å². The van der Waals surface area contributed by atoms with Gasteiger partial charge in [-0.1, -0.05) is 0 Å². The number of carbonyl (C=O) groups excluding carboxylic acids is 1. The van der Waals surface area contributed by atoms with Gasteiger partial charge in [-0.05, 0) is 52.9 Å². The fourth-order valence-corrected chi connectivity index (χ4v) is 5.15. The average molecular weight is 514 g/mol. The molecule has 1 unspecified atom stereocenters. The number of nitrogens with zero attached hydrogens (tertiary/aromatic N) is 5. The summed E-state index contributed by atoms with van der Waals surface area (Å²) in [5.74, 6) is 0.393. The summed E-state index contributed by atoms with van der Waals surface area (Å²) in [5, 5.41) is 4.51. The molecule has 172 valence electrons. The fraction of sp³-hybridized carbons (Fsp3) is 0.391. The van der Waals surface area contributed by atoms with E-state index in [-0.39, 0.29) is 17.7 Å². The number of pyridine rings is 2. The van der Waals surface area contributed by atoms with Crippen LogP contribution in [0.4, 0.5) is 0 Å². The molecular formula is C23H24BrN5O4. The van der Waals surface area contributed by atoms with Crippen molar-refractivity contribution in [2.24, 2.45) is 13.0 Å². The average Bonchev–Trinajstić information content (AvgIpc) is 3.35. The second-order valence-corrected chi connectivity index (χ2v) is 8.95. The lowest BCUT2D eigenvalue weighted by Crippen LogP contribution is -2.28. The molecule has 0 bridgehead atoms. The number of rotatable bonds is 5. The molecule has 1 saturated heterocycles. The molecule has 0 aliphatic carbocycles. The second kappa shape index (κ2) is 8.75. The van der Waals surface area contributed by atoms with Crippen LogP contribution in [0.25, 0.3) is 22.1 Å². The van der Waals surface area contributed by atoms with Crippen LogP contribution in [0.5, 0.6) is 5.75 Å². The standard InChI is InChI=1S/C23H24BrN5O4/c1-28-21-17-15(11-14(24)12-26-17)29(22(21)19(27-28)23(30)32-3)20(13-6-9-33-10-7-13)18-16(31-2)5-4-8-25-18/h4-5,8,11-13,20H,6-7,9-10H2,1-3H3. The largest absolute Gasteiger partial charge is 0.495 e. The molecule has 5 heterocycles. The summed E-state index contributed by atoms with van der Waals surface area (Å²) in [6.45, 7) is 1.33. The first-order valence-corrected chi connectivity index (χ1v) is 11.5. The van der Waals surface area contributed by atoms with Gasteiger partial charge in [-0.3, -0.25) is 14.6 Å². The van der Waals surface area contributed by atoms with Crippen LogP contribution in [-0.4, -0.2) is 57.7 Å². The summed E-state index contributed by atoms with van der Waals surface area (Å²) >= 11 is 3.57. The molecule has 0 saturated carbocycles. The van der Waals surface area contributed by atoms with Gasteiger partial charge < -0.3 is 18.8 Å². The third-order valence-corrected chi connectivity index (χ3v) is 6.68. The predicted octanol–water partition coefficient (Wildman–Crippen LogP) is 3.89. The highest BCUT2D eigenvalue weighted by Crippen LogP contribution is 2.43. The molecule has 4 aromatic rings. The van der Waals surface area contributed by atoms with E-state index in [0.717, 1.165) is 39.6 Å². The van der Waals surface area contributed by atoms with Crippen LogP contribution in [0.2, 0.25) is 0 Å². The summed E-state index contributed by atoms with van der Waals surface area (Å²) < 4.78 is 21.2. The van der Waals surface area contributed by atoms with Crippen molar-refractivity contribution in [3.05, 3.63) is 46.5 Å². The molecule has 1 atom stereocenters. The Hall–Kier alpha value is -2.98. The third kappa shape index (κ3) is 3.57. The summed E-state index contributed by atoms with van der Waals surface area (Å²) in [5.41, 5.74) is 4.12. The van der Waals surface area contributed by atoms with Crippen molar-refractivity contribution in [2.45, 2.75) is 18.9 Å². The lowest BCUT2D eigenvalue weighted by molar-refractivity contribution is 0.0540. The first kappa shape index (κ1) is 21.8. The first-order chi connectivity index (χ1) is 16.0. The number of carbonyl (C=O) groups is 1. The predicted molar refractivity (Wildman–Crippen MR) is 126 cm³/mol. The van der Waals surface area contributed by atoms with E-state index in [9.17, 15) is 4.79 Å². The van der Waals surface area contributed by atoms with Crippen LogP contribution < -0.4 is 4.74 Å². The molecular weight excluding hydrogens is 490 g/mol. The summed E-state index contributed by atoms with van der Waals surface area (Å²) in [7, 11) is 4.82. The maximum Gasteiger partial charge on any atom is 0.360 e. The van der Waals surface area contributed by atoms with E-state index in [1.807, 2.05) is 25.2 Å². The van der Waals surface area contributed by atoms with Crippen LogP contribution >= 0.6 is 15.9 Å². The Balaban J connectivity index is 1.91. The van der Waals surface area contributed by atoms with Crippen LogP contribution in [0, 0.1) is 5.92 Å². The normalized spacial score (nSPS) is 15.8. The smallest absolute Gasteiger partial charge is 0.360 e. The molecule has 1 fully saturated rings. The van der Waals surface area contributed by atoms with E-state index in [1.165, 1.54) is 7.11 Å². The van der Waals surface area contributed by atoms with Gasteiger partial charge in [-0.2, -0.15) is 5.10 Å². The highest BCUT2D eigenvalue weighted by atomic mass is 79.9. The molecule has 1 aliphatic rings. The van der Waals surface area contributed by atoms with Gasteiger partial charge in [0.05, 0.1) is 25.8 Å². The first-order valence-electron chi connectivity index (χ1n) is 10.7. The third-order valence-electron chi connectivity index (χ3n) is 6.25. The van der Waals surface area contributed by atoms with Crippen molar-refractivity contribution in [2.75, 3.05) is 27.4 Å². The molecule has 0 radical (unpaired) electrons. The molecule has 10 heteroatoms. The molecule has 0 spiro atoms. The number of methoxy groups -OCH3 is 2. The number of hydrogen-bond donors (Lipinski definition) is 0. The van der Waals surface area contributed by atoms with Gasteiger partial charge in [-0.15, -0.1) is 0 Å². The Morgan fingerprint density at radius 2 is 2.03 bits per heavy atom. The molecule has 9 nitrogen and oxygen atoms in total. The number of halogens is 1. The quantitative estimate of drug-likeness (QED) is 0.373. The Bertz CT molecular complexity index is 1340. The second-order valence-electron chi connectivity index (χ2n) is 8.04. The van der Waals surface area contributed by atoms with E-state index in [2.05, 4.69) is 25.6 Å². The van der Waals surface area contributed by atoms with Crippen LogP contribution in [0.1, 0.15) is 35.1 Å². The highest BCUT2D eigenvalue weighted by molar-refractivity contribution is 9.10. The number of fused-ring (bicyclic) bond motifs is 3. The number of esters is 1. The van der Waals surface area contributed by atoms with Gasteiger partial charge in [0, 0.05) is 37.1 Å². The van der Waals surface area contributed by atoms with Crippen molar-refractivity contribution in [3.63, 3.8) is 0 Å². The monoisotopic (exact) mass is 513 g/mol. The topological polar surface area (TPSA) is 93.3 Å². The Morgan fingerprint density at radius 1 is 1.24 bits per heavy atom. The van der Waals surface area contributed by atoms with Gasteiger partial charge in [-0.25, -0.2) is 4.79 Å². The minimum atomic E-state index is -0.498. The van der Waals surface area contributed by atoms with Crippen molar-refractivity contribution < 1.29 is 19.0 Å². The lowest BCUT2D eigenvalue weighted by atomic mass is 9.88. The van der Waals surface area contributed by atoms with E-state index < -0.39 is 5.97 Å². The van der Waals surface area contributed by atoms with Gasteiger partial charge in [0.2, 0.25) is 0 Å². The van der Waals surface area contributed by atoms with Crippen molar-refractivity contribution in [3.8, 4) is 5.75 Å². The Labute approximate surface area is 198 Å². The summed E-state index contributed by atoms with van der Waals surface area (Å²) in [4.78, 5) is 22.2. The van der Waals surface area contributed by atoms with Crippen LogP contribution in [0.15, 0.2) is 35.1 Å². The molecule has 33 heavy (non-hydrogen) atoms.